The first-order chi connectivity index (χ1) is 15.3. The maximum atomic E-state index is 13.2. The highest BCUT2D eigenvalue weighted by atomic mass is 19.1. The zero-order chi connectivity index (χ0) is 23.3. The molecule has 0 aliphatic carbocycles. The van der Waals surface area contributed by atoms with E-state index in [9.17, 15) is 23.6 Å². The van der Waals surface area contributed by atoms with E-state index in [0.29, 0.717) is 18.2 Å². The Kier molecular flexibility index (Phi) is 6.99. The molecule has 1 N–H and O–H groups in total. The second-order valence-electron chi connectivity index (χ2n) is 7.07. The highest BCUT2D eigenvalue weighted by Crippen LogP contribution is 2.26. The van der Waals surface area contributed by atoms with Crippen LogP contribution in [0.25, 0.3) is 0 Å². The monoisotopic (exact) mass is 440 g/mol. The van der Waals surface area contributed by atoms with E-state index in [0.717, 1.165) is 28.7 Å². The summed E-state index contributed by atoms with van der Waals surface area (Å²) in [7, 11) is 1.54. The minimum Gasteiger partial charge on any atom is -0.497 e. The zero-order valence-electron chi connectivity index (χ0n) is 17.2. The van der Waals surface area contributed by atoms with Crippen LogP contribution < -0.4 is 9.64 Å². The Morgan fingerprint density at radius 3 is 2.38 bits per heavy atom. The van der Waals surface area contributed by atoms with Crippen LogP contribution >= 0.6 is 0 Å². The van der Waals surface area contributed by atoms with Crippen molar-refractivity contribution in [2.45, 2.75) is 18.9 Å². The first kappa shape index (κ1) is 22.7. The number of carbonyl (C=O) groups is 4. The summed E-state index contributed by atoms with van der Waals surface area (Å²) in [5.41, 5.74) is 1.06. The molecule has 1 aliphatic rings. The number of hydrogen-bond acceptors (Lipinski definition) is 5. The standard InChI is InChI=1S/C23H21FN2O6/c1-32-18-8-2-15(3-9-18)12-13-25(20(27)10-11-22(29)30)19-14-21(28)26(23(19)31)17-6-4-16(24)5-7-17/h2-11,19H,12-14H2,1H3,(H,29,30)/b11-10+. The fraction of sp³-hybridized carbons (Fsp3) is 0.217. The minimum atomic E-state index is -1.31. The average molecular weight is 440 g/mol. The van der Waals surface area contributed by atoms with E-state index in [1.807, 2.05) is 0 Å². The topological polar surface area (TPSA) is 104 Å². The SMILES string of the molecule is COc1ccc(CCN(C(=O)/C=C/C(=O)O)C2CC(=O)N(c3ccc(F)cc3)C2=O)cc1. The highest BCUT2D eigenvalue weighted by Gasteiger charge is 2.43. The number of aliphatic carboxylic acids is 1. The van der Waals surface area contributed by atoms with Gasteiger partial charge in [-0.25, -0.2) is 14.1 Å². The normalized spacial score (nSPS) is 15.9. The molecule has 3 amide bonds. The van der Waals surface area contributed by atoms with Crippen molar-refractivity contribution in [1.29, 1.82) is 0 Å². The van der Waals surface area contributed by atoms with Crippen LogP contribution in [-0.2, 0) is 25.6 Å². The molecule has 0 saturated carbocycles. The van der Waals surface area contributed by atoms with Gasteiger partial charge in [0, 0.05) is 18.7 Å². The third kappa shape index (κ3) is 5.18. The number of carboxylic acids is 1. The molecule has 9 heteroatoms. The van der Waals surface area contributed by atoms with Gasteiger partial charge in [-0.05, 0) is 48.4 Å². The van der Waals surface area contributed by atoms with E-state index < -0.39 is 35.5 Å². The van der Waals surface area contributed by atoms with Gasteiger partial charge in [0.2, 0.25) is 11.8 Å². The molecule has 1 aliphatic heterocycles. The number of methoxy groups -OCH3 is 1. The Morgan fingerprint density at radius 1 is 1.12 bits per heavy atom. The molecular weight excluding hydrogens is 419 g/mol. The van der Waals surface area contributed by atoms with Crippen molar-refractivity contribution in [3.63, 3.8) is 0 Å². The number of carbonyl (C=O) groups excluding carboxylic acids is 3. The van der Waals surface area contributed by atoms with Gasteiger partial charge >= 0.3 is 5.97 Å². The summed E-state index contributed by atoms with van der Waals surface area (Å²) in [6, 6.07) is 10.9. The summed E-state index contributed by atoms with van der Waals surface area (Å²) < 4.78 is 18.3. The van der Waals surface area contributed by atoms with Gasteiger partial charge in [0.25, 0.3) is 5.91 Å². The Hall–Kier alpha value is -4.01. The molecule has 1 heterocycles. The Bertz CT molecular complexity index is 1050. The third-order valence-electron chi connectivity index (χ3n) is 5.04. The Morgan fingerprint density at radius 2 is 1.78 bits per heavy atom. The molecule has 0 bridgehead atoms. The lowest BCUT2D eigenvalue weighted by Gasteiger charge is -2.26. The van der Waals surface area contributed by atoms with E-state index in [2.05, 4.69) is 0 Å². The van der Waals surface area contributed by atoms with Crippen molar-refractivity contribution in [3.8, 4) is 5.75 Å². The molecule has 1 unspecified atom stereocenters. The van der Waals surface area contributed by atoms with Crippen LogP contribution in [-0.4, -0.2) is 53.4 Å². The Balaban J connectivity index is 1.83. The Labute approximate surface area is 183 Å². The second kappa shape index (κ2) is 9.86. The van der Waals surface area contributed by atoms with Crippen LogP contribution in [0.2, 0.25) is 0 Å². The van der Waals surface area contributed by atoms with Crippen molar-refractivity contribution < 1.29 is 33.4 Å². The zero-order valence-corrected chi connectivity index (χ0v) is 17.2. The van der Waals surface area contributed by atoms with Gasteiger partial charge in [-0.15, -0.1) is 0 Å². The summed E-state index contributed by atoms with van der Waals surface area (Å²) in [5, 5.41) is 8.84. The lowest BCUT2D eigenvalue weighted by atomic mass is 10.1. The summed E-state index contributed by atoms with van der Waals surface area (Å²) in [5.74, 6) is -3.02. The predicted molar refractivity (Wildman–Crippen MR) is 112 cm³/mol. The number of imide groups is 1. The number of halogens is 1. The van der Waals surface area contributed by atoms with Gasteiger partial charge < -0.3 is 14.7 Å². The summed E-state index contributed by atoms with van der Waals surface area (Å²) >= 11 is 0. The van der Waals surface area contributed by atoms with Crippen molar-refractivity contribution in [2.24, 2.45) is 0 Å². The molecule has 0 aromatic heterocycles. The van der Waals surface area contributed by atoms with Gasteiger partial charge in [-0.2, -0.15) is 0 Å². The largest absolute Gasteiger partial charge is 0.497 e. The van der Waals surface area contributed by atoms with Crippen molar-refractivity contribution in [3.05, 3.63) is 72.1 Å². The van der Waals surface area contributed by atoms with Crippen molar-refractivity contribution in [2.75, 3.05) is 18.6 Å². The molecule has 2 aromatic carbocycles. The first-order valence-electron chi connectivity index (χ1n) is 9.77. The smallest absolute Gasteiger partial charge is 0.328 e. The molecule has 1 fully saturated rings. The number of amides is 3. The molecule has 2 aromatic rings. The van der Waals surface area contributed by atoms with Crippen LogP contribution in [0.4, 0.5) is 10.1 Å². The fourth-order valence-corrected chi connectivity index (χ4v) is 3.42. The number of nitrogens with zero attached hydrogens (tertiary/aromatic N) is 2. The van der Waals surface area contributed by atoms with E-state index in [1.165, 1.54) is 17.0 Å². The van der Waals surface area contributed by atoms with Gasteiger partial charge in [0.1, 0.15) is 17.6 Å². The van der Waals surface area contributed by atoms with E-state index in [4.69, 9.17) is 9.84 Å². The predicted octanol–water partition coefficient (Wildman–Crippen LogP) is 2.18. The van der Waals surface area contributed by atoms with Gasteiger partial charge in [-0.3, -0.25) is 14.4 Å². The molecule has 8 nitrogen and oxygen atoms in total. The molecular formula is C23H21FN2O6. The molecule has 1 saturated heterocycles. The van der Waals surface area contributed by atoms with E-state index in [1.54, 1.807) is 31.4 Å². The fourth-order valence-electron chi connectivity index (χ4n) is 3.42. The number of hydrogen-bond donors (Lipinski definition) is 1. The molecule has 1 atom stereocenters. The minimum absolute atomic E-state index is 0.0794. The number of anilines is 1. The summed E-state index contributed by atoms with van der Waals surface area (Å²) in [4.78, 5) is 51.3. The molecule has 0 spiro atoms. The van der Waals surface area contributed by atoms with Gasteiger partial charge in [-0.1, -0.05) is 12.1 Å². The second-order valence-corrected chi connectivity index (χ2v) is 7.07. The van der Waals surface area contributed by atoms with E-state index >= 15 is 0 Å². The number of ether oxygens (including phenoxy) is 1. The van der Waals surface area contributed by atoms with Crippen LogP contribution in [0.1, 0.15) is 12.0 Å². The average Bonchev–Trinajstić information content (AvgIpc) is 3.07. The quantitative estimate of drug-likeness (QED) is 0.499. The van der Waals surface area contributed by atoms with Crippen LogP contribution in [0, 0.1) is 5.82 Å². The maximum absolute atomic E-state index is 13.2. The van der Waals surface area contributed by atoms with Crippen molar-refractivity contribution >= 4 is 29.4 Å². The molecule has 32 heavy (non-hydrogen) atoms. The lowest BCUT2D eigenvalue weighted by molar-refractivity contribution is -0.135. The van der Waals surface area contributed by atoms with Gasteiger partial charge in [0.15, 0.2) is 0 Å². The summed E-state index contributed by atoms with van der Waals surface area (Å²) in [6.07, 6.45) is 1.65. The molecule has 0 radical (unpaired) electrons. The molecule has 3 rings (SSSR count). The molecule has 166 valence electrons. The number of benzene rings is 2. The number of carboxylic acid groups (broad SMARTS) is 1. The van der Waals surface area contributed by atoms with Crippen LogP contribution in [0.15, 0.2) is 60.7 Å². The number of rotatable bonds is 8. The maximum Gasteiger partial charge on any atom is 0.328 e. The van der Waals surface area contributed by atoms with Crippen molar-refractivity contribution in [1.82, 2.24) is 4.90 Å². The van der Waals surface area contributed by atoms with Crippen LogP contribution in [0.5, 0.6) is 5.75 Å². The van der Waals surface area contributed by atoms with E-state index in [-0.39, 0.29) is 18.7 Å². The first-order valence-corrected chi connectivity index (χ1v) is 9.77. The summed E-state index contributed by atoms with van der Waals surface area (Å²) in [6.45, 7) is 0.0794. The lowest BCUT2D eigenvalue weighted by Crippen LogP contribution is -2.46. The van der Waals surface area contributed by atoms with Gasteiger partial charge in [0.05, 0.1) is 19.2 Å². The van der Waals surface area contributed by atoms with Crippen LogP contribution in [0.3, 0.4) is 0 Å². The highest BCUT2D eigenvalue weighted by molar-refractivity contribution is 6.23. The third-order valence-corrected chi connectivity index (χ3v) is 5.04.